The highest BCUT2D eigenvalue weighted by Crippen LogP contribution is 2.26. The van der Waals surface area contributed by atoms with Crippen LogP contribution in [0, 0.1) is 0 Å². The van der Waals surface area contributed by atoms with E-state index in [9.17, 15) is 5.11 Å². The third kappa shape index (κ3) is 3.97. The molecule has 0 spiro atoms. The second-order valence-corrected chi connectivity index (χ2v) is 6.06. The number of ether oxygens (including phenoxy) is 1. The van der Waals surface area contributed by atoms with Crippen molar-refractivity contribution in [3.8, 4) is 5.75 Å². The molecular weight excluding hydrogens is 250 g/mol. The molecule has 0 heterocycles. The molecule has 0 saturated carbocycles. The predicted molar refractivity (Wildman–Crippen MR) is 82.4 cm³/mol. The summed E-state index contributed by atoms with van der Waals surface area (Å²) >= 11 is 0. The van der Waals surface area contributed by atoms with E-state index in [1.165, 1.54) is 30.4 Å². The summed E-state index contributed by atoms with van der Waals surface area (Å²) in [6, 6.07) is 6.50. The minimum absolute atomic E-state index is 0.159. The average Bonchev–Trinajstić information content (AvgIpc) is 2.94. The normalized spacial score (nSPS) is 16.8. The molecule has 1 aliphatic rings. The molecule has 0 aliphatic heterocycles. The van der Waals surface area contributed by atoms with E-state index in [1.807, 2.05) is 14.0 Å². The van der Waals surface area contributed by atoms with Gasteiger partial charge in [-0.1, -0.05) is 6.07 Å². The summed E-state index contributed by atoms with van der Waals surface area (Å²) in [6.45, 7) is 2.98. The number of hydrogen-bond donors (Lipinski definition) is 2. The molecule has 2 rings (SSSR count). The second kappa shape index (κ2) is 7.09. The Labute approximate surface area is 122 Å². The first-order valence-electron chi connectivity index (χ1n) is 7.71. The third-order valence-corrected chi connectivity index (χ3v) is 4.41. The van der Waals surface area contributed by atoms with E-state index in [0.29, 0.717) is 0 Å². The Morgan fingerprint density at radius 1 is 1.25 bits per heavy atom. The van der Waals surface area contributed by atoms with Crippen molar-refractivity contribution in [3.05, 3.63) is 29.3 Å². The Kier molecular flexibility index (Phi) is 5.44. The number of fused-ring (bicyclic) bond motifs is 1. The Bertz CT molecular complexity index is 427. The van der Waals surface area contributed by atoms with Crippen LogP contribution in [-0.4, -0.2) is 30.9 Å². The fraction of sp³-hybridized carbons (Fsp3) is 0.647. The molecule has 0 radical (unpaired) electrons. The van der Waals surface area contributed by atoms with Gasteiger partial charge in [-0.15, -0.1) is 0 Å². The molecule has 1 unspecified atom stereocenters. The van der Waals surface area contributed by atoms with E-state index in [4.69, 9.17) is 4.74 Å². The van der Waals surface area contributed by atoms with Crippen molar-refractivity contribution < 1.29 is 9.84 Å². The average molecular weight is 277 g/mol. The van der Waals surface area contributed by atoms with Gasteiger partial charge in [0.05, 0.1) is 13.2 Å². The number of rotatable bonds is 8. The number of aryl methyl sites for hydroxylation is 2. The summed E-state index contributed by atoms with van der Waals surface area (Å²) in [5.41, 5.74) is 2.80. The zero-order valence-electron chi connectivity index (χ0n) is 12.7. The largest absolute Gasteiger partial charge is 0.494 e. The number of nitrogens with one attached hydrogen (secondary N) is 1. The van der Waals surface area contributed by atoms with Crippen molar-refractivity contribution >= 4 is 0 Å². The van der Waals surface area contributed by atoms with Crippen LogP contribution in [-0.2, 0) is 12.8 Å². The van der Waals surface area contributed by atoms with Crippen molar-refractivity contribution in [1.29, 1.82) is 0 Å². The zero-order valence-corrected chi connectivity index (χ0v) is 12.7. The molecular formula is C17H27NO2. The minimum Gasteiger partial charge on any atom is -0.494 e. The summed E-state index contributed by atoms with van der Waals surface area (Å²) < 4.78 is 5.83. The van der Waals surface area contributed by atoms with Crippen LogP contribution in [0.1, 0.15) is 43.7 Å². The summed E-state index contributed by atoms with van der Waals surface area (Å²) in [7, 11) is 1.90. The Morgan fingerprint density at radius 3 is 2.80 bits per heavy atom. The molecule has 1 aromatic rings. The molecule has 0 fully saturated rings. The van der Waals surface area contributed by atoms with Gasteiger partial charge in [0.1, 0.15) is 5.75 Å². The lowest BCUT2D eigenvalue weighted by molar-refractivity contribution is 0.168. The fourth-order valence-corrected chi connectivity index (χ4v) is 2.73. The van der Waals surface area contributed by atoms with E-state index < -0.39 is 0 Å². The van der Waals surface area contributed by atoms with Gasteiger partial charge in [0, 0.05) is 5.54 Å². The van der Waals surface area contributed by atoms with Crippen LogP contribution in [0.4, 0.5) is 0 Å². The summed E-state index contributed by atoms with van der Waals surface area (Å²) in [4.78, 5) is 0. The molecule has 3 heteroatoms. The van der Waals surface area contributed by atoms with Gasteiger partial charge in [-0.05, 0) is 75.8 Å². The number of likely N-dealkylation sites (N-methyl/N-ethyl adjacent to an activating group) is 1. The quantitative estimate of drug-likeness (QED) is 0.718. The smallest absolute Gasteiger partial charge is 0.119 e. The lowest BCUT2D eigenvalue weighted by Gasteiger charge is -2.26. The Morgan fingerprint density at radius 2 is 2.05 bits per heavy atom. The van der Waals surface area contributed by atoms with Gasteiger partial charge in [0.25, 0.3) is 0 Å². The van der Waals surface area contributed by atoms with Crippen LogP contribution in [0.5, 0.6) is 5.75 Å². The van der Waals surface area contributed by atoms with Crippen molar-refractivity contribution in [1.82, 2.24) is 5.32 Å². The minimum atomic E-state index is -0.159. The SMILES string of the molecule is CNC(C)(CO)CCCCOc1ccc2c(c1)CCC2. The van der Waals surface area contributed by atoms with E-state index in [1.54, 1.807) is 0 Å². The number of aliphatic hydroxyl groups is 1. The first-order valence-corrected chi connectivity index (χ1v) is 7.71. The zero-order chi connectivity index (χ0) is 14.4. The van der Waals surface area contributed by atoms with Gasteiger partial charge in [-0.25, -0.2) is 0 Å². The van der Waals surface area contributed by atoms with Gasteiger partial charge >= 0.3 is 0 Å². The summed E-state index contributed by atoms with van der Waals surface area (Å²) in [5, 5.41) is 12.5. The first kappa shape index (κ1) is 15.3. The summed E-state index contributed by atoms with van der Waals surface area (Å²) in [6.07, 6.45) is 6.75. The molecule has 1 aliphatic carbocycles. The van der Waals surface area contributed by atoms with E-state index in [-0.39, 0.29) is 12.1 Å². The Balaban J connectivity index is 1.69. The van der Waals surface area contributed by atoms with Gasteiger partial charge in [0.15, 0.2) is 0 Å². The van der Waals surface area contributed by atoms with E-state index >= 15 is 0 Å². The highest BCUT2D eigenvalue weighted by atomic mass is 16.5. The van der Waals surface area contributed by atoms with Crippen LogP contribution in [0.3, 0.4) is 0 Å². The fourth-order valence-electron chi connectivity index (χ4n) is 2.73. The molecule has 3 nitrogen and oxygen atoms in total. The lowest BCUT2D eigenvalue weighted by atomic mass is 9.96. The summed E-state index contributed by atoms with van der Waals surface area (Å²) in [5.74, 6) is 1.00. The van der Waals surface area contributed by atoms with Crippen LogP contribution in [0.2, 0.25) is 0 Å². The highest BCUT2D eigenvalue weighted by Gasteiger charge is 2.19. The van der Waals surface area contributed by atoms with Crippen LogP contribution in [0.25, 0.3) is 0 Å². The van der Waals surface area contributed by atoms with Gasteiger partial charge < -0.3 is 15.2 Å². The van der Waals surface area contributed by atoms with Gasteiger partial charge in [-0.3, -0.25) is 0 Å². The van der Waals surface area contributed by atoms with Crippen LogP contribution >= 0.6 is 0 Å². The third-order valence-electron chi connectivity index (χ3n) is 4.41. The maximum Gasteiger partial charge on any atom is 0.119 e. The van der Waals surface area contributed by atoms with Gasteiger partial charge in [0.2, 0.25) is 0 Å². The van der Waals surface area contributed by atoms with E-state index in [2.05, 4.69) is 23.5 Å². The predicted octanol–water partition coefficient (Wildman–Crippen LogP) is 2.69. The number of benzene rings is 1. The topological polar surface area (TPSA) is 41.5 Å². The molecule has 1 aromatic carbocycles. The molecule has 0 aromatic heterocycles. The van der Waals surface area contributed by atoms with Crippen molar-refractivity contribution in [2.24, 2.45) is 0 Å². The second-order valence-electron chi connectivity index (χ2n) is 6.06. The molecule has 1 atom stereocenters. The molecule has 20 heavy (non-hydrogen) atoms. The van der Waals surface area contributed by atoms with Crippen molar-refractivity contribution in [2.45, 2.75) is 51.0 Å². The molecule has 0 amide bonds. The Hall–Kier alpha value is -1.06. The van der Waals surface area contributed by atoms with Crippen LogP contribution < -0.4 is 10.1 Å². The van der Waals surface area contributed by atoms with Crippen molar-refractivity contribution in [3.63, 3.8) is 0 Å². The monoisotopic (exact) mass is 277 g/mol. The molecule has 112 valence electrons. The number of hydrogen-bond acceptors (Lipinski definition) is 3. The van der Waals surface area contributed by atoms with Crippen LogP contribution in [0.15, 0.2) is 18.2 Å². The standard InChI is InChI=1S/C17H27NO2/c1-17(13-19,18-2)10-3-4-11-20-16-9-8-14-6-5-7-15(14)12-16/h8-9,12,18-19H,3-7,10-11,13H2,1-2H3. The molecule has 0 bridgehead atoms. The lowest BCUT2D eigenvalue weighted by Crippen LogP contribution is -2.43. The maximum atomic E-state index is 9.32. The highest BCUT2D eigenvalue weighted by molar-refractivity contribution is 5.38. The van der Waals surface area contributed by atoms with E-state index in [0.717, 1.165) is 31.6 Å². The first-order chi connectivity index (χ1) is 9.67. The van der Waals surface area contributed by atoms with Crippen molar-refractivity contribution in [2.75, 3.05) is 20.3 Å². The molecule has 0 saturated heterocycles. The number of aliphatic hydroxyl groups excluding tert-OH is 1. The maximum absolute atomic E-state index is 9.32. The van der Waals surface area contributed by atoms with Gasteiger partial charge in [-0.2, -0.15) is 0 Å². The molecule has 2 N–H and O–H groups in total. The number of unbranched alkanes of at least 4 members (excludes halogenated alkanes) is 1.